The van der Waals surface area contributed by atoms with Crippen molar-refractivity contribution in [2.45, 2.75) is 48.0 Å². The Labute approximate surface area is 84.1 Å². The van der Waals surface area contributed by atoms with E-state index in [0.717, 1.165) is 35.5 Å². The zero-order valence-electron chi connectivity index (χ0n) is 10.2. The van der Waals surface area contributed by atoms with Gasteiger partial charge in [-0.05, 0) is 35.5 Å². The summed E-state index contributed by atoms with van der Waals surface area (Å²) in [5.41, 5.74) is 0. The van der Waals surface area contributed by atoms with Crippen LogP contribution in [0.2, 0.25) is 0 Å². The molecule has 0 nitrogen and oxygen atoms in total. The third-order valence-electron chi connectivity index (χ3n) is 4.48. The second-order valence-corrected chi connectivity index (χ2v) is 5.50. The molecule has 0 heteroatoms. The van der Waals surface area contributed by atoms with Crippen molar-refractivity contribution in [1.29, 1.82) is 0 Å². The van der Waals surface area contributed by atoms with E-state index in [4.69, 9.17) is 0 Å². The van der Waals surface area contributed by atoms with Crippen LogP contribution >= 0.6 is 0 Å². The molecular weight excluding hydrogens is 156 g/mol. The molecule has 0 aromatic carbocycles. The van der Waals surface area contributed by atoms with Crippen LogP contribution in [0.4, 0.5) is 0 Å². The van der Waals surface area contributed by atoms with Crippen LogP contribution in [-0.4, -0.2) is 0 Å². The maximum absolute atomic E-state index is 2.44. The quantitative estimate of drug-likeness (QED) is 0.611. The summed E-state index contributed by atoms with van der Waals surface area (Å²) >= 11 is 0. The summed E-state index contributed by atoms with van der Waals surface area (Å²) in [5, 5.41) is 0. The lowest BCUT2D eigenvalue weighted by Gasteiger charge is -2.16. The molecule has 0 saturated heterocycles. The standard InChI is InChI=1S/C13H26/c1-7-9(4)12-11(6)13(12)10(5)8(2)3/h8-13H,7H2,1-6H3. The molecule has 1 fully saturated rings. The molecule has 13 heavy (non-hydrogen) atoms. The fourth-order valence-corrected chi connectivity index (χ4v) is 2.97. The fourth-order valence-electron chi connectivity index (χ4n) is 2.97. The molecule has 1 aliphatic carbocycles. The van der Waals surface area contributed by atoms with Crippen LogP contribution in [0.5, 0.6) is 0 Å². The molecule has 0 aromatic heterocycles. The molecule has 5 unspecified atom stereocenters. The summed E-state index contributed by atoms with van der Waals surface area (Å²) < 4.78 is 0. The van der Waals surface area contributed by atoms with Crippen molar-refractivity contribution in [2.75, 3.05) is 0 Å². The number of hydrogen-bond donors (Lipinski definition) is 0. The summed E-state index contributed by atoms with van der Waals surface area (Å²) in [6.07, 6.45) is 1.36. The van der Waals surface area contributed by atoms with Gasteiger partial charge in [-0.3, -0.25) is 0 Å². The fraction of sp³-hybridized carbons (Fsp3) is 1.00. The SMILES string of the molecule is CCC(C)C1C(C)C1C(C)C(C)C. The monoisotopic (exact) mass is 182 g/mol. The molecule has 1 saturated carbocycles. The highest BCUT2D eigenvalue weighted by Gasteiger charge is 2.51. The van der Waals surface area contributed by atoms with Gasteiger partial charge in [0.2, 0.25) is 0 Å². The van der Waals surface area contributed by atoms with Crippen molar-refractivity contribution in [3.63, 3.8) is 0 Å². The first-order chi connectivity index (χ1) is 6.00. The van der Waals surface area contributed by atoms with Gasteiger partial charge in [-0.25, -0.2) is 0 Å². The Balaban J connectivity index is 2.48. The molecule has 0 spiro atoms. The lowest BCUT2D eigenvalue weighted by Crippen LogP contribution is -2.10. The summed E-state index contributed by atoms with van der Waals surface area (Å²) in [4.78, 5) is 0. The van der Waals surface area contributed by atoms with Crippen LogP contribution in [0.15, 0.2) is 0 Å². The molecule has 1 aliphatic rings. The summed E-state index contributed by atoms with van der Waals surface area (Å²) in [6.45, 7) is 14.4. The summed E-state index contributed by atoms with van der Waals surface area (Å²) in [5.74, 6) is 5.78. The van der Waals surface area contributed by atoms with Crippen molar-refractivity contribution in [1.82, 2.24) is 0 Å². The van der Waals surface area contributed by atoms with Crippen molar-refractivity contribution < 1.29 is 0 Å². The third kappa shape index (κ3) is 2.08. The zero-order chi connectivity index (χ0) is 10.2. The molecule has 0 aromatic rings. The number of hydrogen-bond acceptors (Lipinski definition) is 0. The van der Waals surface area contributed by atoms with E-state index in [-0.39, 0.29) is 0 Å². The van der Waals surface area contributed by atoms with Gasteiger partial charge in [-0.15, -0.1) is 0 Å². The van der Waals surface area contributed by atoms with Gasteiger partial charge >= 0.3 is 0 Å². The van der Waals surface area contributed by atoms with Gasteiger partial charge in [-0.1, -0.05) is 48.0 Å². The second kappa shape index (κ2) is 4.02. The van der Waals surface area contributed by atoms with E-state index in [9.17, 15) is 0 Å². The molecule has 0 heterocycles. The normalized spacial score (nSPS) is 37.6. The first-order valence-electron chi connectivity index (χ1n) is 6.00. The Morgan fingerprint density at radius 3 is 1.92 bits per heavy atom. The molecule has 5 atom stereocenters. The van der Waals surface area contributed by atoms with E-state index in [2.05, 4.69) is 41.5 Å². The highest BCUT2D eigenvalue weighted by Crippen LogP contribution is 2.56. The molecule has 78 valence electrons. The van der Waals surface area contributed by atoms with E-state index in [1.54, 1.807) is 0 Å². The third-order valence-corrected chi connectivity index (χ3v) is 4.48. The van der Waals surface area contributed by atoms with E-state index in [0.29, 0.717) is 0 Å². The van der Waals surface area contributed by atoms with Crippen LogP contribution in [0, 0.1) is 35.5 Å². The average molecular weight is 182 g/mol. The highest BCUT2D eigenvalue weighted by molar-refractivity contribution is 4.99. The minimum absolute atomic E-state index is 0.863. The molecule has 0 aliphatic heterocycles. The highest BCUT2D eigenvalue weighted by atomic mass is 14.6. The lowest BCUT2D eigenvalue weighted by atomic mass is 9.89. The van der Waals surface area contributed by atoms with Crippen molar-refractivity contribution in [2.24, 2.45) is 35.5 Å². The van der Waals surface area contributed by atoms with Gasteiger partial charge in [0.1, 0.15) is 0 Å². The van der Waals surface area contributed by atoms with Crippen LogP contribution in [0.25, 0.3) is 0 Å². The van der Waals surface area contributed by atoms with E-state index in [1.165, 1.54) is 6.42 Å². The minimum atomic E-state index is 0.863. The second-order valence-electron chi connectivity index (χ2n) is 5.50. The Morgan fingerprint density at radius 1 is 1.00 bits per heavy atom. The smallest absolute Gasteiger partial charge is 0.0324 e. The first-order valence-corrected chi connectivity index (χ1v) is 6.00. The van der Waals surface area contributed by atoms with Crippen molar-refractivity contribution in [3.05, 3.63) is 0 Å². The molecule has 0 N–H and O–H groups in total. The largest absolute Gasteiger partial charge is 0.0651 e. The maximum atomic E-state index is 2.44. The first kappa shape index (κ1) is 11.1. The van der Waals surface area contributed by atoms with Gasteiger partial charge in [-0.2, -0.15) is 0 Å². The molecule has 0 radical (unpaired) electrons. The van der Waals surface area contributed by atoms with E-state index < -0.39 is 0 Å². The van der Waals surface area contributed by atoms with Crippen LogP contribution < -0.4 is 0 Å². The van der Waals surface area contributed by atoms with E-state index in [1.807, 2.05) is 0 Å². The van der Waals surface area contributed by atoms with Crippen molar-refractivity contribution >= 4 is 0 Å². The van der Waals surface area contributed by atoms with E-state index >= 15 is 0 Å². The van der Waals surface area contributed by atoms with Crippen LogP contribution in [0.3, 0.4) is 0 Å². The van der Waals surface area contributed by atoms with Crippen LogP contribution in [-0.2, 0) is 0 Å². The van der Waals surface area contributed by atoms with Gasteiger partial charge < -0.3 is 0 Å². The number of rotatable bonds is 4. The van der Waals surface area contributed by atoms with Crippen molar-refractivity contribution in [3.8, 4) is 0 Å². The molecule has 1 rings (SSSR count). The summed E-state index contributed by atoms with van der Waals surface area (Å²) in [6, 6.07) is 0. The van der Waals surface area contributed by atoms with Gasteiger partial charge in [0.05, 0.1) is 0 Å². The van der Waals surface area contributed by atoms with Gasteiger partial charge in [0.25, 0.3) is 0 Å². The molecule has 0 amide bonds. The Hall–Kier alpha value is 0. The van der Waals surface area contributed by atoms with Gasteiger partial charge in [0, 0.05) is 0 Å². The predicted molar refractivity (Wildman–Crippen MR) is 59.6 cm³/mol. The Kier molecular flexibility index (Phi) is 3.43. The topological polar surface area (TPSA) is 0 Å². The summed E-state index contributed by atoms with van der Waals surface area (Å²) in [7, 11) is 0. The van der Waals surface area contributed by atoms with Crippen LogP contribution in [0.1, 0.15) is 48.0 Å². The zero-order valence-corrected chi connectivity index (χ0v) is 10.2. The maximum Gasteiger partial charge on any atom is -0.0324 e. The predicted octanol–water partition coefficient (Wildman–Crippen LogP) is 4.21. The molecule has 0 bridgehead atoms. The van der Waals surface area contributed by atoms with Gasteiger partial charge in [0.15, 0.2) is 0 Å². The average Bonchev–Trinajstić information content (AvgIpc) is 2.74. The Morgan fingerprint density at radius 2 is 1.54 bits per heavy atom. The lowest BCUT2D eigenvalue weighted by molar-refractivity contribution is 0.324. The minimum Gasteiger partial charge on any atom is -0.0651 e. The molecular formula is C13H26. The Bertz CT molecular complexity index is 159.